The van der Waals surface area contributed by atoms with Gasteiger partial charge >= 0.3 is 349 Å². The van der Waals surface area contributed by atoms with Gasteiger partial charge in [0.15, 0.2) is 0 Å². The van der Waals surface area contributed by atoms with Crippen LogP contribution in [0.15, 0.2) is 200 Å². The summed E-state index contributed by atoms with van der Waals surface area (Å²) in [6.45, 7) is 4.47. The Morgan fingerprint density at radius 2 is 0.917 bits per heavy atom. The predicted molar refractivity (Wildman–Crippen MR) is 260 cm³/mol. The van der Waals surface area contributed by atoms with Crippen molar-refractivity contribution in [3.05, 3.63) is 222 Å². The van der Waals surface area contributed by atoms with Crippen LogP contribution < -0.4 is 0 Å². The van der Waals surface area contributed by atoms with Crippen LogP contribution in [-0.4, -0.2) is 9.97 Å². The molecule has 2 nitrogen and oxygen atoms in total. The van der Waals surface area contributed by atoms with Crippen molar-refractivity contribution < 1.29 is 0 Å². The van der Waals surface area contributed by atoms with E-state index in [2.05, 4.69) is 214 Å². The first-order valence-electron chi connectivity index (χ1n) is 20.7. The van der Waals surface area contributed by atoms with Crippen molar-refractivity contribution >= 4 is 41.4 Å². The third-order valence-electron chi connectivity index (χ3n) is 11.9. The molecule has 11 rings (SSSR count). The molecule has 2 heterocycles. The molecule has 10 aromatic rings. The molecule has 0 saturated heterocycles. The number of benzene rings is 9. The Morgan fingerprint density at radius 3 is 1.58 bits per heavy atom. The van der Waals surface area contributed by atoms with Gasteiger partial charge < -0.3 is 0 Å². The van der Waals surface area contributed by atoms with Crippen LogP contribution >= 0.6 is 19.8 Å². The Kier molecular flexibility index (Phi) is 9.20. The molecule has 0 fully saturated rings. The second kappa shape index (κ2) is 15.2. The molecule has 0 aliphatic carbocycles. The predicted octanol–water partition coefficient (Wildman–Crippen LogP) is 15.4. The first-order valence-corrected chi connectivity index (χ1v) is 23.9. The van der Waals surface area contributed by atoms with Gasteiger partial charge in [0, 0.05) is 0 Å². The number of aryl methyl sites for hydroxylation is 2. The maximum atomic E-state index is 5.26. The Hall–Kier alpha value is -6.69. The van der Waals surface area contributed by atoms with Gasteiger partial charge in [-0.25, -0.2) is 0 Å². The molecule has 3 heteroatoms. The van der Waals surface area contributed by atoms with Gasteiger partial charge in [0.1, 0.15) is 0 Å². The molecule has 0 spiro atoms. The van der Waals surface area contributed by atoms with Crippen molar-refractivity contribution in [1.82, 2.24) is 9.97 Å². The van der Waals surface area contributed by atoms with Crippen molar-refractivity contribution in [2.45, 2.75) is 20.3 Å². The molecular weight excluding hydrogens is 840 g/mol. The van der Waals surface area contributed by atoms with Gasteiger partial charge in [0.25, 0.3) is 0 Å². The number of rotatable bonds is 7. The number of nitrogens with zero attached hydrogens (tertiary/aromatic N) is 2. The summed E-state index contributed by atoms with van der Waals surface area (Å²) in [5.74, 6) is 0.730. The molecule has 286 valence electrons. The fourth-order valence-corrected chi connectivity index (χ4v) is 15.1. The molecular formula is C57H41IN2. The summed E-state index contributed by atoms with van der Waals surface area (Å²) in [6, 6.07) is 73.7. The summed E-state index contributed by atoms with van der Waals surface area (Å²) in [4.78, 5) is 10.5. The molecule has 0 unspecified atom stereocenters. The topological polar surface area (TPSA) is 25.8 Å². The first-order chi connectivity index (χ1) is 29.6. The van der Waals surface area contributed by atoms with Crippen LogP contribution in [0.25, 0.3) is 88.8 Å². The fraction of sp³-hybridized carbons (Fsp3) is 0.0526. The number of hydrogen-bond donors (Lipinski definition) is 0. The van der Waals surface area contributed by atoms with E-state index in [1.807, 2.05) is 0 Å². The van der Waals surface area contributed by atoms with Crippen LogP contribution in [0, 0.1) is 17.6 Å². The summed E-state index contributed by atoms with van der Waals surface area (Å²) in [5, 5.41) is 4.83. The monoisotopic (exact) mass is 880 g/mol. The van der Waals surface area contributed by atoms with E-state index >= 15 is 0 Å². The normalized spacial score (nSPS) is 12.5. The Morgan fingerprint density at radius 1 is 0.383 bits per heavy atom. The van der Waals surface area contributed by atoms with Crippen LogP contribution in [0.5, 0.6) is 0 Å². The zero-order chi connectivity index (χ0) is 40.2. The van der Waals surface area contributed by atoms with E-state index in [-0.39, 0.29) is 0 Å². The van der Waals surface area contributed by atoms with Gasteiger partial charge in [-0.3, -0.25) is 0 Å². The van der Waals surface area contributed by atoms with Crippen molar-refractivity contribution in [3.8, 4) is 67.3 Å². The molecule has 1 aliphatic heterocycles. The van der Waals surface area contributed by atoms with Gasteiger partial charge in [-0.05, 0) is 0 Å². The summed E-state index contributed by atoms with van der Waals surface area (Å²) in [6.07, 6.45) is 0.999. The second-order valence-corrected chi connectivity index (χ2v) is 20.8. The Bertz CT molecular complexity index is 3180. The fourth-order valence-electron chi connectivity index (χ4n) is 8.74. The molecule has 0 radical (unpaired) electrons. The van der Waals surface area contributed by atoms with E-state index in [1.54, 1.807) is 0 Å². The molecule has 0 bridgehead atoms. The Labute approximate surface area is 358 Å². The maximum absolute atomic E-state index is 5.26. The summed E-state index contributed by atoms with van der Waals surface area (Å²) in [5.41, 5.74) is 15.6. The van der Waals surface area contributed by atoms with Crippen molar-refractivity contribution in [3.63, 3.8) is 0 Å². The molecule has 0 saturated carbocycles. The van der Waals surface area contributed by atoms with E-state index < -0.39 is 19.8 Å². The van der Waals surface area contributed by atoms with Crippen LogP contribution in [0.2, 0.25) is 0 Å². The van der Waals surface area contributed by atoms with E-state index in [4.69, 9.17) is 9.97 Å². The summed E-state index contributed by atoms with van der Waals surface area (Å²) in [7, 11) is 0. The zero-order valence-electron chi connectivity index (χ0n) is 33.5. The van der Waals surface area contributed by atoms with E-state index in [0.29, 0.717) is 0 Å². The number of halogens is 1. The second-order valence-electron chi connectivity index (χ2n) is 15.6. The van der Waals surface area contributed by atoms with E-state index in [9.17, 15) is 0 Å². The van der Waals surface area contributed by atoms with Gasteiger partial charge in [-0.1, -0.05) is 12.1 Å². The van der Waals surface area contributed by atoms with E-state index in [1.165, 1.54) is 76.8 Å². The average molecular weight is 881 g/mol. The molecule has 9 aromatic carbocycles. The van der Waals surface area contributed by atoms with Gasteiger partial charge in [0.2, 0.25) is 0 Å². The number of hydrogen-bond acceptors (Lipinski definition) is 2. The molecule has 1 aliphatic rings. The first kappa shape index (κ1) is 36.4. The summed E-state index contributed by atoms with van der Waals surface area (Å²) < 4.78 is 4.40. The van der Waals surface area contributed by atoms with Crippen LogP contribution in [0.1, 0.15) is 18.1 Å². The zero-order valence-corrected chi connectivity index (χ0v) is 35.7. The molecule has 60 heavy (non-hydrogen) atoms. The minimum absolute atomic E-state index is 0.730. The molecule has 0 atom stereocenters. The van der Waals surface area contributed by atoms with Crippen molar-refractivity contribution in [2.75, 3.05) is 0 Å². The molecule has 0 amide bonds. The Balaban J connectivity index is 1.00. The van der Waals surface area contributed by atoms with Gasteiger partial charge in [-0.2, -0.15) is 0 Å². The SMILES string of the molecule is CCc1ccc(-c2ccc3c(c2)I(c2ccc(-c4nc(-c5ccc6ccccc6c5)cc(-c5ccc6ccccc6c5)n4)cc2)c2ccccc2-3)cc1-c1ccccc1C. The van der Waals surface area contributed by atoms with Crippen LogP contribution in [0.3, 0.4) is 0 Å². The molecule has 1 aromatic heterocycles. The van der Waals surface area contributed by atoms with Crippen LogP contribution in [0.4, 0.5) is 0 Å². The third kappa shape index (κ3) is 6.50. The van der Waals surface area contributed by atoms with Gasteiger partial charge in [0.05, 0.1) is 0 Å². The van der Waals surface area contributed by atoms with Crippen molar-refractivity contribution in [2.24, 2.45) is 0 Å². The standard InChI is InChI=1S/C57H41IN2/c1-3-38-20-23-44(34-52(38)49-17-9-4-12-37(49)2)45-28-31-51-50-18-10-11-19-53(50)58(54(51)35-45)48-29-26-41(27-30-48)57-59-55(46-24-21-39-13-5-7-15-42(39)32-46)36-56(60-57)47-25-22-40-14-6-8-16-43(40)33-47/h4-36H,3H2,1-2H3. The third-order valence-corrected chi connectivity index (χ3v) is 18.1. The summed E-state index contributed by atoms with van der Waals surface area (Å²) >= 11 is -2.05. The quantitative estimate of drug-likeness (QED) is 0.149. The van der Waals surface area contributed by atoms with Gasteiger partial charge in [-0.15, -0.1) is 0 Å². The minimum atomic E-state index is -2.05. The van der Waals surface area contributed by atoms with E-state index in [0.717, 1.165) is 40.3 Å². The molecule has 0 N–H and O–H groups in total. The average Bonchev–Trinajstić information content (AvgIpc) is 3.64. The van der Waals surface area contributed by atoms with Crippen LogP contribution in [-0.2, 0) is 6.42 Å². The number of aromatic nitrogens is 2. The number of fused-ring (bicyclic) bond motifs is 5. The van der Waals surface area contributed by atoms with Crippen molar-refractivity contribution in [1.29, 1.82) is 0 Å².